The minimum atomic E-state index is -2.80. The van der Waals surface area contributed by atoms with Gasteiger partial charge in [0.2, 0.25) is 5.88 Å². The lowest BCUT2D eigenvalue weighted by Gasteiger charge is -2.08. The number of halogens is 4. The maximum absolute atomic E-state index is 12.6. The highest BCUT2D eigenvalue weighted by atomic mass is 127. The van der Waals surface area contributed by atoms with Gasteiger partial charge in [-0.15, -0.1) is 0 Å². The first kappa shape index (κ1) is 12.6. The molecule has 1 rings (SSSR count). The molecule has 0 aliphatic rings. The molecule has 0 amide bonds. The zero-order valence-electron chi connectivity index (χ0n) is 7.43. The van der Waals surface area contributed by atoms with Crippen LogP contribution in [0, 0.1) is 3.70 Å². The fourth-order valence-corrected chi connectivity index (χ4v) is 2.13. The SMILES string of the molecule is COc1cc(C(F)F)c(C(=O)Cl)c(I)n1. The Labute approximate surface area is 103 Å². The molecule has 1 heterocycles. The van der Waals surface area contributed by atoms with E-state index in [4.69, 9.17) is 16.3 Å². The van der Waals surface area contributed by atoms with Gasteiger partial charge in [0.05, 0.1) is 12.7 Å². The van der Waals surface area contributed by atoms with Crippen LogP contribution in [-0.4, -0.2) is 17.3 Å². The number of carbonyl (C=O) groups is 1. The van der Waals surface area contributed by atoms with Crippen molar-refractivity contribution in [2.24, 2.45) is 0 Å². The quantitative estimate of drug-likeness (QED) is 0.479. The zero-order valence-corrected chi connectivity index (χ0v) is 10.3. The van der Waals surface area contributed by atoms with Gasteiger partial charge in [-0.1, -0.05) is 0 Å². The molecular formula is C8H5ClF2INO2. The molecule has 0 aliphatic heterocycles. The lowest BCUT2D eigenvalue weighted by atomic mass is 10.1. The van der Waals surface area contributed by atoms with E-state index in [9.17, 15) is 13.6 Å². The predicted molar refractivity (Wildman–Crippen MR) is 58.6 cm³/mol. The molecule has 0 atom stereocenters. The maximum atomic E-state index is 12.6. The standard InChI is InChI=1S/C8H5ClF2INO2/c1-15-4-2-3(7(10)11)5(6(9)14)8(12)13-4/h2,7H,1H3. The normalized spacial score (nSPS) is 10.5. The van der Waals surface area contributed by atoms with E-state index < -0.39 is 17.2 Å². The summed E-state index contributed by atoms with van der Waals surface area (Å²) in [6.45, 7) is 0. The molecule has 0 unspecified atom stereocenters. The van der Waals surface area contributed by atoms with Gasteiger partial charge in [-0.3, -0.25) is 4.79 Å². The minimum absolute atomic E-state index is 0.0244. The first-order valence-electron chi connectivity index (χ1n) is 3.69. The van der Waals surface area contributed by atoms with Gasteiger partial charge in [0, 0.05) is 11.6 Å². The van der Waals surface area contributed by atoms with Gasteiger partial charge in [-0.2, -0.15) is 0 Å². The minimum Gasteiger partial charge on any atom is -0.481 e. The Kier molecular flexibility index (Phi) is 4.21. The van der Waals surface area contributed by atoms with E-state index in [0.29, 0.717) is 0 Å². The summed E-state index contributed by atoms with van der Waals surface area (Å²) in [6, 6.07) is 1.00. The number of hydrogen-bond acceptors (Lipinski definition) is 3. The lowest BCUT2D eigenvalue weighted by Crippen LogP contribution is -2.05. The van der Waals surface area contributed by atoms with Crippen LogP contribution < -0.4 is 4.74 Å². The Morgan fingerprint density at radius 1 is 1.67 bits per heavy atom. The van der Waals surface area contributed by atoms with Crippen molar-refractivity contribution in [1.82, 2.24) is 4.98 Å². The monoisotopic (exact) mass is 347 g/mol. The van der Waals surface area contributed by atoms with Crippen LogP contribution in [0.15, 0.2) is 6.07 Å². The van der Waals surface area contributed by atoms with Crippen LogP contribution in [0.3, 0.4) is 0 Å². The number of aromatic nitrogens is 1. The van der Waals surface area contributed by atoms with Crippen molar-refractivity contribution in [3.8, 4) is 5.88 Å². The fourth-order valence-electron chi connectivity index (χ4n) is 0.980. The van der Waals surface area contributed by atoms with Crippen molar-refractivity contribution in [3.05, 3.63) is 20.9 Å². The summed E-state index contributed by atoms with van der Waals surface area (Å²) < 4.78 is 30.0. The molecular weight excluding hydrogens is 342 g/mol. The molecule has 7 heteroatoms. The van der Waals surface area contributed by atoms with Gasteiger partial charge in [0.25, 0.3) is 11.7 Å². The molecule has 0 aliphatic carbocycles. The van der Waals surface area contributed by atoms with Crippen molar-refractivity contribution in [2.45, 2.75) is 6.43 Å². The molecule has 0 fully saturated rings. The number of carbonyl (C=O) groups excluding carboxylic acids is 1. The molecule has 0 saturated heterocycles. The highest BCUT2D eigenvalue weighted by molar-refractivity contribution is 14.1. The lowest BCUT2D eigenvalue weighted by molar-refractivity contribution is 0.106. The molecule has 0 radical (unpaired) electrons. The summed E-state index contributed by atoms with van der Waals surface area (Å²) in [5, 5.41) is -0.954. The Morgan fingerprint density at radius 2 is 2.27 bits per heavy atom. The van der Waals surface area contributed by atoms with Crippen molar-refractivity contribution >= 4 is 39.4 Å². The smallest absolute Gasteiger partial charge is 0.264 e. The molecule has 1 aromatic rings. The molecule has 15 heavy (non-hydrogen) atoms. The average molecular weight is 347 g/mol. The first-order valence-corrected chi connectivity index (χ1v) is 5.15. The van der Waals surface area contributed by atoms with Gasteiger partial charge in [-0.25, -0.2) is 13.8 Å². The van der Waals surface area contributed by atoms with Gasteiger partial charge in [0.15, 0.2) is 0 Å². The number of hydrogen-bond donors (Lipinski definition) is 0. The fraction of sp³-hybridized carbons (Fsp3) is 0.250. The highest BCUT2D eigenvalue weighted by Crippen LogP contribution is 2.29. The maximum Gasteiger partial charge on any atom is 0.264 e. The second-order valence-electron chi connectivity index (χ2n) is 2.49. The summed E-state index contributed by atoms with van der Waals surface area (Å²) in [5.41, 5.74) is -0.737. The molecule has 82 valence electrons. The second kappa shape index (κ2) is 5.02. The molecule has 0 spiro atoms. The molecule has 3 nitrogen and oxygen atoms in total. The van der Waals surface area contributed by atoms with Crippen molar-refractivity contribution < 1.29 is 18.3 Å². The van der Waals surface area contributed by atoms with Crippen LogP contribution in [-0.2, 0) is 0 Å². The Bertz CT molecular complexity index is 400. The molecule has 0 N–H and O–H groups in total. The van der Waals surface area contributed by atoms with Crippen LogP contribution in [0.2, 0.25) is 0 Å². The zero-order chi connectivity index (χ0) is 11.6. The van der Waals surface area contributed by atoms with E-state index in [1.165, 1.54) is 7.11 Å². The largest absolute Gasteiger partial charge is 0.481 e. The summed E-state index contributed by atoms with van der Waals surface area (Å²) in [5.74, 6) is 0.0244. The second-order valence-corrected chi connectivity index (χ2v) is 3.86. The van der Waals surface area contributed by atoms with Crippen LogP contribution >= 0.6 is 34.2 Å². The molecule has 1 aromatic heterocycles. The Hall–Kier alpha value is -0.500. The predicted octanol–water partition coefficient (Wildman–Crippen LogP) is 3.01. The van der Waals surface area contributed by atoms with E-state index in [-0.39, 0.29) is 15.1 Å². The Balaban J connectivity index is 3.42. The van der Waals surface area contributed by atoms with Gasteiger partial charge < -0.3 is 4.74 Å². The van der Waals surface area contributed by atoms with Gasteiger partial charge >= 0.3 is 0 Å². The average Bonchev–Trinajstić information content (AvgIpc) is 2.15. The summed E-state index contributed by atoms with van der Waals surface area (Å²) in [7, 11) is 1.30. The Morgan fingerprint density at radius 3 is 2.67 bits per heavy atom. The van der Waals surface area contributed by atoms with Crippen LogP contribution in [0.25, 0.3) is 0 Å². The van der Waals surface area contributed by atoms with E-state index in [1.807, 2.05) is 0 Å². The van der Waals surface area contributed by atoms with E-state index in [0.717, 1.165) is 6.07 Å². The molecule has 0 saturated carbocycles. The van der Waals surface area contributed by atoms with E-state index >= 15 is 0 Å². The third-order valence-electron chi connectivity index (χ3n) is 1.62. The third-order valence-corrected chi connectivity index (χ3v) is 2.59. The van der Waals surface area contributed by atoms with Crippen molar-refractivity contribution in [3.63, 3.8) is 0 Å². The summed E-state index contributed by atoms with van der Waals surface area (Å²) >= 11 is 6.85. The topological polar surface area (TPSA) is 39.2 Å². The van der Waals surface area contributed by atoms with Gasteiger partial charge in [-0.05, 0) is 34.2 Å². The number of methoxy groups -OCH3 is 1. The van der Waals surface area contributed by atoms with Crippen LogP contribution in [0.4, 0.5) is 8.78 Å². The number of alkyl halides is 2. The van der Waals surface area contributed by atoms with Crippen LogP contribution in [0.1, 0.15) is 22.3 Å². The van der Waals surface area contributed by atoms with Crippen molar-refractivity contribution in [2.75, 3.05) is 7.11 Å². The van der Waals surface area contributed by atoms with Gasteiger partial charge in [0.1, 0.15) is 3.70 Å². The van der Waals surface area contributed by atoms with E-state index in [1.54, 1.807) is 22.6 Å². The molecule has 0 aromatic carbocycles. The highest BCUT2D eigenvalue weighted by Gasteiger charge is 2.22. The van der Waals surface area contributed by atoms with Crippen LogP contribution in [0.5, 0.6) is 5.88 Å². The number of rotatable bonds is 3. The summed E-state index contributed by atoms with van der Waals surface area (Å²) in [6.07, 6.45) is -2.80. The number of pyridine rings is 1. The van der Waals surface area contributed by atoms with E-state index in [2.05, 4.69) is 4.98 Å². The third kappa shape index (κ3) is 2.75. The molecule has 0 bridgehead atoms. The van der Waals surface area contributed by atoms with Crippen molar-refractivity contribution in [1.29, 1.82) is 0 Å². The number of nitrogens with zero attached hydrogens (tertiary/aromatic N) is 1. The first-order chi connectivity index (χ1) is 6.97. The summed E-state index contributed by atoms with van der Waals surface area (Å²) in [4.78, 5) is 14.7. The number of ether oxygens (including phenoxy) is 1.